The third-order valence-electron chi connectivity index (χ3n) is 2.55. The van der Waals surface area contributed by atoms with Crippen LogP contribution in [0, 0.1) is 17.5 Å². The fraction of sp³-hybridized carbons (Fsp3) is 0. The van der Waals surface area contributed by atoms with E-state index in [1.54, 1.807) is 0 Å². The highest BCUT2D eigenvalue weighted by Gasteiger charge is 2.20. The maximum absolute atomic E-state index is 13.8. The molecule has 2 rings (SSSR count). The molecule has 19 heavy (non-hydrogen) atoms. The largest absolute Gasteiger partial charge is 0.478 e. The highest BCUT2D eigenvalue weighted by molar-refractivity contribution is 6.31. The van der Waals surface area contributed by atoms with E-state index < -0.39 is 29.0 Å². The monoisotopic (exact) mass is 286 g/mol. The number of hydrogen-bond acceptors (Lipinski definition) is 1. The molecule has 2 aromatic rings. The second kappa shape index (κ2) is 4.93. The van der Waals surface area contributed by atoms with Crippen molar-refractivity contribution >= 4 is 17.6 Å². The van der Waals surface area contributed by atoms with Gasteiger partial charge in [0.1, 0.15) is 5.82 Å². The normalized spacial score (nSPS) is 10.5. The van der Waals surface area contributed by atoms with Gasteiger partial charge in [0, 0.05) is 11.1 Å². The van der Waals surface area contributed by atoms with Gasteiger partial charge in [0.05, 0.1) is 10.6 Å². The lowest BCUT2D eigenvalue weighted by atomic mass is 10.0. The van der Waals surface area contributed by atoms with Crippen LogP contribution in [0.15, 0.2) is 30.3 Å². The highest BCUT2D eigenvalue weighted by Crippen LogP contribution is 2.31. The van der Waals surface area contributed by atoms with Crippen LogP contribution in [0.25, 0.3) is 11.1 Å². The van der Waals surface area contributed by atoms with E-state index in [4.69, 9.17) is 16.7 Å². The quantitative estimate of drug-likeness (QED) is 0.901. The standard InChI is InChI=1S/C13H6ClF3O2/c14-9-3-1-2-6(10(9)15)7-4-5-8(13(18)19)12(17)11(7)16/h1-5H,(H,18,19). The first-order chi connectivity index (χ1) is 8.93. The second-order valence-electron chi connectivity index (χ2n) is 3.70. The summed E-state index contributed by atoms with van der Waals surface area (Å²) in [6.07, 6.45) is 0. The summed E-state index contributed by atoms with van der Waals surface area (Å²) in [6, 6.07) is 5.73. The fourth-order valence-electron chi connectivity index (χ4n) is 1.63. The Hall–Kier alpha value is -2.01. The molecule has 6 heteroatoms. The van der Waals surface area contributed by atoms with Crippen LogP contribution in [0.5, 0.6) is 0 Å². The summed E-state index contributed by atoms with van der Waals surface area (Å²) in [4.78, 5) is 10.6. The van der Waals surface area contributed by atoms with Gasteiger partial charge in [-0.05, 0) is 12.1 Å². The van der Waals surface area contributed by atoms with Crippen LogP contribution in [-0.4, -0.2) is 11.1 Å². The first-order valence-electron chi connectivity index (χ1n) is 5.09. The van der Waals surface area contributed by atoms with Crippen molar-refractivity contribution in [2.45, 2.75) is 0 Å². The van der Waals surface area contributed by atoms with Gasteiger partial charge in [-0.25, -0.2) is 18.0 Å². The van der Waals surface area contributed by atoms with Gasteiger partial charge in [-0.2, -0.15) is 0 Å². The third kappa shape index (κ3) is 2.29. The van der Waals surface area contributed by atoms with Crippen LogP contribution in [0.3, 0.4) is 0 Å². The maximum Gasteiger partial charge on any atom is 0.338 e. The zero-order valence-corrected chi connectivity index (χ0v) is 10.0. The summed E-state index contributed by atoms with van der Waals surface area (Å²) in [5.41, 5.74) is -1.44. The number of carbonyl (C=O) groups is 1. The Labute approximate surface area is 111 Å². The number of hydrogen-bond donors (Lipinski definition) is 1. The Bertz CT molecular complexity index is 671. The van der Waals surface area contributed by atoms with E-state index in [1.165, 1.54) is 18.2 Å². The van der Waals surface area contributed by atoms with E-state index in [9.17, 15) is 18.0 Å². The van der Waals surface area contributed by atoms with Crippen molar-refractivity contribution in [3.05, 3.63) is 58.4 Å². The van der Waals surface area contributed by atoms with Crippen LogP contribution in [0.1, 0.15) is 10.4 Å². The van der Waals surface area contributed by atoms with Crippen molar-refractivity contribution in [1.29, 1.82) is 0 Å². The summed E-state index contributed by atoms with van der Waals surface area (Å²) in [7, 11) is 0. The lowest BCUT2D eigenvalue weighted by molar-refractivity contribution is 0.0690. The molecule has 98 valence electrons. The van der Waals surface area contributed by atoms with E-state index in [-0.39, 0.29) is 16.1 Å². The van der Waals surface area contributed by atoms with E-state index >= 15 is 0 Å². The smallest absolute Gasteiger partial charge is 0.338 e. The lowest BCUT2D eigenvalue weighted by Gasteiger charge is -2.08. The molecule has 0 atom stereocenters. The molecule has 2 aromatic carbocycles. The fourth-order valence-corrected chi connectivity index (χ4v) is 1.81. The van der Waals surface area contributed by atoms with Crippen molar-refractivity contribution in [3.8, 4) is 11.1 Å². The molecule has 0 saturated heterocycles. The van der Waals surface area contributed by atoms with Crippen molar-refractivity contribution in [1.82, 2.24) is 0 Å². The van der Waals surface area contributed by atoms with Crippen LogP contribution >= 0.6 is 11.6 Å². The summed E-state index contributed by atoms with van der Waals surface area (Å²) in [5.74, 6) is -5.47. The predicted molar refractivity (Wildman–Crippen MR) is 63.7 cm³/mol. The van der Waals surface area contributed by atoms with E-state index in [0.29, 0.717) is 0 Å². The molecular formula is C13H6ClF3O2. The highest BCUT2D eigenvalue weighted by atomic mass is 35.5. The molecular weight excluding hydrogens is 281 g/mol. The molecule has 0 radical (unpaired) electrons. The van der Waals surface area contributed by atoms with Gasteiger partial charge < -0.3 is 5.11 Å². The Morgan fingerprint density at radius 3 is 2.21 bits per heavy atom. The zero-order chi connectivity index (χ0) is 14.2. The Balaban J connectivity index is 2.68. The van der Waals surface area contributed by atoms with E-state index in [1.807, 2.05) is 0 Å². The van der Waals surface area contributed by atoms with Gasteiger partial charge in [-0.1, -0.05) is 29.8 Å². The molecule has 1 N–H and O–H groups in total. The summed E-state index contributed by atoms with van der Waals surface area (Å²) in [6.45, 7) is 0. The number of halogens is 4. The summed E-state index contributed by atoms with van der Waals surface area (Å²) >= 11 is 5.55. The zero-order valence-electron chi connectivity index (χ0n) is 9.25. The number of carboxylic acid groups (broad SMARTS) is 1. The van der Waals surface area contributed by atoms with Crippen molar-refractivity contribution in [2.75, 3.05) is 0 Å². The average Bonchev–Trinajstić information content (AvgIpc) is 2.36. The SMILES string of the molecule is O=C(O)c1ccc(-c2cccc(Cl)c2F)c(F)c1F. The van der Waals surface area contributed by atoms with Gasteiger partial charge in [0.15, 0.2) is 11.6 Å². The molecule has 2 nitrogen and oxygen atoms in total. The molecule has 0 aromatic heterocycles. The van der Waals surface area contributed by atoms with Crippen molar-refractivity contribution in [3.63, 3.8) is 0 Å². The first-order valence-corrected chi connectivity index (χ1v) is 5.47. The van der Waals surface area contributed by atoms with Crippen LogP contribution in [0.4, 0.5) is 13.2 Å². The van der Waals surface area contributed by atoms with Crippen LogP contribution in [-0.2, 0) is 0 Å². The van der Waals surface area contributed by atoms with Crippen molar-refractivity contribution < 1.29 is 23.1 Å². The Morgan fingerprint density at radius 1 is 0.947 bits per heavy atom. The molecule has 0 fully saturated rings. The number of benzene rings is 2. The average molecular weight is 287 g/mol. The number of carboxylic acids is 1. The lowest BCUT2D eigenvalue weighted by Crippen LogP contribution is -2.04. The topological polar surface area (TPSA) is 37.3 Å². The van der Waals surface area contributed by atoms with E-state index in [0.717, 1.165) is 12.1 Å². The van der Waals surface area contributed by atoms with E-state index in [2.05, 4.69) is 0 Å². The predicted octanol–water partition coefficient (Wildman–Crippen LogP) is 4.12. The minimum absolute atomic E-state index is 0.235. The maximum atomic E-state index is 13.8. The molecule has 0 saturated carbocycles. The molecule has 0 heterocycles. The van der Waals surface area contributed by atoms with Gasteiger partial charge in [-0.3, -0.25) is 0 Å². The van der Waals surface area contributed by atoms with Gasteiger partial charge in [0.2, 0.25) is 0 Å². The third-order valence-corrected chi connectivity index (χ3v) is 2.85. The van der Waals surface area contributed by atoms with Crippen LogP contribution in [0.2, 0.25) is 5.02 Å². The first kappa shape index (κ1) is 13.4. The summed E-state index contributed by atoms with van der Waals surface area (Å²) < 4.78 is 41.0. The van der Waals surface area contributed by atoms with Gasteiger partial charge >= 0.3 is 5.97 Å². The number of rotatable bonds is 2. The van der Waals surface area contributed by atoms with Gasteiger partial charge in [-0.15, -0.1) is 0 Å². The molecule has 0 spiro atoms. The molecule has 0 aliphatic heterocycles. The molecule has 0 aliphatic rings. The van der Waals surface area contributed by atoms with Crippen LogP contribution < -0.4 is 0 Å². The Kier molecular flexibility index (Phi) is 3.48. The molecule has 0 amide bonds. The summed E-state index contributed by atoms with van der Waals surface area (Å²) in [5, 5.41) is 8.41. The molecule has 0 aliphatic carbocycles. The molecule has 0 unspecified atom stereocenters. The second-order valence-corrected chi connectivity index (χ2v) is 4.10. The Morgan fingerprint density at radius 2 is 1.58 bits per heavy atom. The number of aromatic carboxylic acids is 1. The minimum Gasteiger partial charge on any atom is -0.478 e. The minimum atomic E-state index is -1.60. The van der Waals surface area contributed by atoms with Gasteiger partial charge in [0.25, 0.3) is 0 Å². The van der Waals surface area contributed by atoms with Crippen molar-refractivity contribution in [2.24, 2.45) is 0 Å². The molecule has 0 bridgehead atoms.